The first-order valence-corrected chi connectivity index (χ1v) is 4.25. The number of rotatable bonds is 6. The molecule has 0 rings (SSSR count). The van der Waals surface area contributed by atoms with Gasteiger partial charge in [-0.3, -0.25) is 4.79 Å². The Morgan fingerprint density at radius 2 is 2.00 bits per heavy atom. The Kier molecular flexibility index (Phi) is 4.93. The molecule has 6 heteroatoms. The number of aliphatic carboxylic acids is 1. The molecule has 3 N–H and O–H groups in total. The molecule has 0 aromatic heterocycles. The highest BCUT2D eigenvalue weighted by atomic mass is 19.3. The Morgan fingerprint density at radius 3 is 2.36 bits per heavy atom. The van der Waals surface area contributed by atoms with Crippen LogP contribution < -0.4 is 5.32 Å². The standard InChI is InChI=1S/C8H15F2NO3/c1-5(7(13)14)6(2)11-3-8(9,10)4-12/h5-6,11-12H,3-4H2,1-2H3,(H,13,14). The van der Waals surface area contributed by atoms with Crippen molar-refractivity contribution in [2.24, 2.45) is 5.92 Å². The lowest BCUT2D eigenvalue weighted by Crippen LogP contribution is -2.44. The molecule has 0 aliphatic carbocycles. The smallest absolute Gasteiger partial charge is 0.307 e. The van der Waals surface area contributed by atoms with Gasteiger partial charge in [-0.05, 0) is 6.92 Å². The van der Waals surface area contributed by atoms with Crippen LogP contribution in [0.3, 0.4) is 0 Å². The molecule has 14 heavy (non-hydrogen) atoms. The van der Waals surface area contributed by atoms with E-state index in [0.717, 1.165) is 0 Å². The van der Waals surface area contributed by atoms with Crippen LogP contribution in [-0.2, 0) is 4.79 Å². The van der Waals surface area contributed by atoms with E-state index in [0.29, 0.717) is 0 Å². The summed E-state index contributed by atoms with van der Waals surface area (Å²) < 4.78 is 25.0. The zero-order chi connectivity index (χ0) is 11.4. The largest absolute Gasteiger partial charge is 0.481 e. The number of halogens is 2. The van der Waals surface area contributed by atoms with E-state index in [1.807, 2.05) is 0 Å². The van der Waals surface area contributed by atoms with E-state index in [-0.39, 0.29) is 0 Å². The fraction of sp³-hybridized carbons (Fsp3) is 0.875. The van der Waals surface area contributed by atoms with Crippen LogP contribution >= 0.6 is 0 Å². The molecule has 84 valence electrons. The zero-order valence-corrected chi connectivity index (χ0v) is 8.13. The minimum atomic E-state index is -3.20. The van der Waals surface area contributed by atoms with E-state index < -0.39 is 37.0 Å². The normalized spacial score (nSPS) is 16.4. The van der Waals surface area contributed by atoms with Crippen molar-refractivity contribution in [3.63, 3.8) is 0 Å². The molecule has 0 radical (unpaired) electrons. The van der Waals surface area contributed by atoms with Gasteiger partial charge in [0.15, 0.2) is 0 Å². The molecular formula is C8H15F2NO3. The van der Waals surface area contributed by atoms with Gasteiger partial charge in [-0.2, -0.15) is 0 Å². The molecule has 0 saturated carbocycles. The van der Waals surface area contributed by atoms with Gasteiger partial charge in [0.25, 0.3) is 5.92 Å². The number of hydrogen-bond acceptors (Lipinski definition) is 3. The Labute approximate surface area is 80.9 Å². The molecule has 0 amide bonds. The lowest BCUT2D eigenvalue weighted by Gasteiger charge is -2.21. The van der Waals surface area contributed by atoms with Crippen molar-refractivity contribution < 1.29 is 23.8 Å². The topological polar surface area (TPSA) is 69.6 Å². The highest BCUT2D eigenvalue weighted by molar-refractivity contribution is 5.70. The van der Waals surface area contributed by atoms with Crippen LogP contribution in [-0.4, -0.2) is 41.3 Å². The molecule has 2 unspecified atom stereocenters. The SMILES string of the molecule is CC(NCC(F)(F)CO)C(C)C(=O)O. The van der Waals surface area contributed by atoms with E-state index in [4.69, 9.17) is 10.2 Å². The van der Waals surface area contributed by atoms with E-state index >= 15 is 0 Å². The second kappa shape index (κ2) is 5.21. The highest BCUT2D eigenvalue weighted by Gasteiger charge is 2.29. The van der Waals surface area contributed by atoms with Crippen LogP contribution in [0, 0.1) is 5.92 Å². The van der Waals surface area contributed by atoms with Gasteiger partial charge in [0.2, 0.25) is 0 Å². The molecule has 0 heterocycles. The predicted octanol–water partition coefficient (Wildman–Crippen LogP) is 0.313. The fourth-order valence-corrected chi connectivity index (χ4v) is 0.757. The minimum Gasteiger partial charge on any atom is -0.481 e. The first kappa shape index (κ1) is 13.2. The number of aliphatic hydroxyl groups is 1. The lowest BCUT2D eigenvalue weighted by atomic mass is 10.0. The molecule has 0 fully saturated rings. The van der Waals surface area contributed by atoms with E-state index in [1.165, 1.54) is 13.8 Å². The first-order chi connectivity index (χ1) is 6.30. The Morgan fingerprint density at radius 1 is 1.50 bits per heavy atom. The molecule has 4 nitrogen and oxygen atoms in total. The molecule has 0 aliphatic heterocycles. The van der Waals surface area contributed by atoms with Gasteiger partial charge in [-0.15, -0.1) is 0 Å². The van der Waals surface area contributed by atoms with E-state index in [1.54, 1.807) is 0 Å². The van der Waals surface area contributed by atoms with Crippen LogP contribution in [0.15, 0.2) is 0 Å². The second-order valence-corrected chi connectivity index (χ2v) is 3.31. The van der Waals surface area contributed by atoms with Gasteiger partial charge in [0.05, 0.1) is 12.5 Å². The quantitative estimate of drug-likeness (QED) is 0.591. The van der Waals surface area contributed by atoms with Crippen molar-refractivity contribution >= 4 is 5.97 Å². The maximum atomic E-state index is 12.5. The van der Waals surface area contributed by atoms with Gasteiger partial charge < -0.3 is 15.5 Å². The minimum absolute atomic E-state index is 0.565. The highest BCUT2D eigenvalue weighted by Crippen LogP contribution is 2.11. The summed E-state index contributed by atoms with van der Waals surface area (Å²) in [5, 5.41) is 19.2. The summed E-state index contributed by atoms with van der Waals surface area (Å²) >= 11 is 0. The first-order valence-electron chi connectivity index (χ1n) is 4.25. The summed E-state index contributed by atoms with van der Waals surface area (Å²) in [6, 6.07) is -0.565. The van der Waals surface area contributed by atoms with E-state index in [2.05, 4.69) is 5.32 Å². The molecule has 0 spiro atoms. The van der Waals surface area contributed by atoms with Crippen molar-refractivity contribution in [3.05, 3.63) is 0 Å². The Hall–Kier alpha value is -0.750. The van der Waals surface area contributed by atoms with Crippen LogP contribution in [0.25, 0.3) is 0 Å². The molecular weight excluding hydrogens is 196 g/mol. The summed E-state index contributed by atoms with van der Waals surface area (Å²) in [6.45, 7) is 0.972. The Balaban J connectivity index is 3.96. The van der Waals surface area contributed by atoms with Crippen molar-refractivity contribution in [2.45, 2.75) is 25.8 Å². The number of carboxylic acid groups (broad SMARTS) is 1. The molecule has 0 aromatic carbocycles. The zero-order valence-electron chi connectivity index (χ0n) is 8.13. The van der Waals surface area contributed by atoms with Crippen LogP contribution in [0.2, 0.25) is 0 Å². The van der Waals surface area contributed by atoms with Gasteiger partial charge in [0, 0.05) is 6.04 Å². The number of aliphatic hydroxyl groups excluding tert-OH is 1. The average molecular weight is 211 g/mol. The van der Waals surface area contributed by atoms with Gasteiger partial charge in [-0.1, -0.05) is 6.92 Å². The van der Waals surface area contributed by atoms with Crippen molar-refractivity contribution in [1.29, 1.82) is 0 Å². The number of alkyl halides is 2. The third-order valence-electron chi connectivity index (χ3n) is 2.05. The van der Waals surface area contributed by atoms with Crippen molar-refractivity contribution in [2.75, 3.05) is 13.2 Å². The van der Waals surface area contributed by atoms with Crippen LogP contribution in [0.4, 0.5) is 8.78 Å². The van der Waals surface area contributed by atoms with Gasteiger partial charge >= 0.3 is 5.97 Å². The van der Waals surface area contributed by atoms with Gasteiger partial charge in [0.1, 0.15) is 6.61 Å². The van der Waals surface area contributed by atoms with Gasteiger partial charge in [-0.25, -0.2) is 8.78 Å². The molecule has 2 atom stereocenters. The van der Waals surface area contributed by atoms with Crippen molar-refractivity contribution in [3.8, 4) is 0 Å². The Bertz CT molecular complexity index is 199. The molecule has 0 bridgehead atoms. The number of hydrogen-bond donors (Lipinski definition) is 3. The maximum absolute atomic E-state index is 12.5. The van der Waals surface area contributed by atoms with E-state index in [9.17, 15) is 13.6 Å². The summed E-state index contributed by atoms with van der Waals surface area (Å²) in [7, 11) is 0. The third-order valence-corrected chi connectivity index (χ3v) is 2.05. The summed E-state index contributed by atoms with van der Waals surface area (Å²) in [6.07, 6.45) is 0. The maximum Gasteiger partial charge on any atom is 0.307 e. The summed E-state index contributed by atoms with van der Waals surface area (Å²) in [4.78, 5) is 10.5. The second-order valence-electron chi connectivity index (χ2n) is 3.31. The fourth-order valence-electron chi connectivity index (χ4n) is 0.757. The molecule has 0 saturated heterocycles. The monoisotopic (exact) mass is 211 g/mol. The average Bonchev–Trinajstić information content (AvgIpc) is 2.13. The third kappa shape index (κ3) is 4.48. The van der Waals surface area contributed by atoms with Crippen LogP contribution in [0.1, 0.15) is 13.8 Å². The number of carbonyl (C=O) groups is 1. The van der Waals surface area contributed by atoms with Crippen LogP contribution in [0.5, 0.6) is 0 Å². The summed E-state index contributed by atoms with van der Waals surface area (Å²) in [5.74, 6) is -4.99. The molecule has 0 aliphatic rings. The molecule has 0 aromatic rings. The number of nitrogens with one attached hydrogen (secondary N) is 1. The summed E-state index contributed by atoms with van der Waals surface area (Å²) in [5.41, 5.74) is 0. The lowest BCUT2D eigenvalue weighted by molar-refractivity contribution is -0.142. The predicted molar refractivity (Wildman–Crippen MR) is 46.3 cm³/mol. The number of carboxylic acids is 1. The van der Waals surface area contributed by atoms with Crippen molar-refractivity contribution in [1.82, 2.24) is 5.32 Å².